The standard InChI is InChI=1S/C11H19NOS/c1-9-8-14-6-5-12(9)10-3-2-4-11(13)7-10/h9-10H,2-8H2,1H3. The van der Waals surface area contributed by atoms with Crippen LogP contribution >= 0.6 is 11.8 Å². The van der Waals surface area contributed by atoms with Crippen molar-refractivity contribution in [2.75, 3.05) is 18.1 Å². The average Bonchev–Trinajstić information content (AvgIpc) is 2.18. The number of ketones is 1. The summed E-state index contributed by atoms with van der Waals surface area (Å²) in [6.07, 6.45) is 3.99. The molecule has 0 bridgehead atoms. The molecule has 0 spiro atoms. The molecule has 0 aromatic rings. The van der Waals surface area contributed by atoms with E-state index in [0.717, 1.165) is 19.3 Å². The van der Waals surface area contributed by atoms with Crippen molar-refractivity contribution in [1.29, 1.82) is 0 Å². The number of nitrogens with zero attached hydrogens (tertiary/aromatic N) is 1. The zero-order valence-corrected chi connectivity index (χ0v) is 9.68. The highest BCUT2D eigenvalue weighted by Gasteiger charge is 2.29. The fourth-order valence-electron chi connectivity index (χ4n) is 2.57. The molecule has 1 heterocycles. The molecule has 1 saturated heterocycles. The maximum Gasteiger partial charge on any atom is 0.134 e. The maximum atomic E-state index is 11.4. The van der Waals surface area contributed by atoms with E-state index in [4.69, 9.17) is 0 Å². The molecule has 1 saturated carbocycles. The molecule has 0 N–H and O–H groups in total. The predicted molar refractivity (Wildman–Crippen MR) is 60.8 cm³/mol. The molecule has 2 unspecified atom stereocenters. The van der Waals surface area contributed by atoms with E-state index in [9.17, 15) is 4.79 Å². The van der Waals surface area contributed by atoms with Gasteiger partial charge in [0.2, 0.25) is 0 Å². The van der Waals surface area contributed by atoms with Crippen LogP contribution in [0.5, 0.6) is 0 Å². The molecule has 2 atom stereocenters. The van der Waals surface area contributed by atoms with Gasteiger partial charge < -0.3 is 0 Å². The van der Waals surface area contributed by atoms with Gasteiger partial charge >= 0.3 is 0 Å². The van der Waals surface area contributed by atoms with Crippen LogP contribution in [0.25, 0.3) is 0 Å². The number of carbonyl (C=O) groups excluding carboxylic acids is 1. The number of Topliss-reactive ketones (excluding diaryl/α,β-unsaturated/α-hetero) is 1. The number of hydrogen-bond acceptors (Lipinski definition) is 3. The minimum atomic E-state index is 0.478. The van der Waals surface area contributed by atoms with Gasteiger partial charge in [-0.3, -0.25) is 9.69 Å². The molecule has 0 aromatic carbocycles. The van der Waals surface area contributed by atoms with E-state index in [1.54, 1.807) is 0 Å². The Bertz CT molecular complexity index is 219. The van der Waals surface area contributed by atoms with Gasteiger partial charge in [-0.1, -0.05) is 0 Å². The molecule has 0 radical (unpaired) electrons. The van der Waals surface area contributed by atoms with E-state index in [0.29, 0.717) is 17.9 Å². The second-order valence-electron chi connectivity index (χ2n) is 4.45. The molecule has 14 heavy (non-hydrogen) atoms. The molecule has 2 nitrogen and oxygen atoms in total. The van der Waals surface area contributed by atoms with E-state index in [1.165, 1.54) is 24.5 Å². The van der Waals surface area contributed by atoms with Gasteiger partial charge in [-0.05, 0) is 19.8 Å². The van der Waals surface area contributed by atoms with Crippen LogP contribution in [0.4, 0.5) is 0 Å². The van der Waals surface area contributed by atoms with Crippen molar-refractivity contribution in [3.63, 3.8) is 0 Å². The fraction of sp³-hybridized carbons (Fsp3) is 0.909. The zero-order valence-electron chi connectivity index (χ0n) is 8.87. The Kier molecular flexibility index (Phi) is 3.50. The van der Waals surface area contributed by atoms with Crippen LogP contribution < -0.4 is 0 Å². The Balaban J connectivity index is 1.94. The summed E-state index contributed by atoms with van der Waals surface area (Å²) in [7, 11) is 0. The lowest BCUT2D eigenvalue weighted by atomic mass is 9.92. The first-order chi connectivity index (χ1) is 6.77. The van der Waals surface area contributed by atoms with Gasteiger partial charge in [-0.15, -0.1) is 0 Å². The predicted octanol–water partition coefficient (Wildman–Crippen LogP) is 1.94. The molecule has 80 valence electrons. The van der Waals surface area contributed by atoms with Crippen molar-refractivity contribution < 1.29 is 4.79 Å². The monoisotopic (exact) mass is 213 g/mol. The van der Waals surface area contributed by atoms with E-state index in [2.05, 4.69) is 11.8 Å². The van der Waals surface area contributed by atoms with Crippen LogP contribution in [-0.4, -0.2) is 40.8 Å². The maximum absolute atomic E-state index is 11.4. The van der Waals surface area contributed by atoms with E-state index in [1.807, 2.05) is 11.8 Å². The SMILES string of the molecule is CC1CSCCN1C1CCCC(=O)C1. The number of thioether (sulfide) groups is 1. The van der Waals surface area contributed by atoms with Crippen LogP contribution in [-0.2, 0) is 4.79 Å². The summed E-state index contributed by atoms with van der Waals surface area (Å²) in [5.74, 6) is 2.96. The summed E-state index contributed by atoms with van der Waals surface area (Å²) < 4.78 is 0. The Labute approximate surface area is 90.4 Å². The van der Waals surface area contributed by atoms with Crippen LogP contribution in [0.1, 0.15) is 32.6 Å². The molecule has 0 amide bonds. The van der Waals surface area contributed by atoms with Crippen LogP contribution in [0.3, 0.4) is 0 Å². The van der Waals surface area contributed by atoms with Crippen molar-refractivity contribution in [3.8, 4) is 0 Å². The third-order valence-electron chi connectivity index (χ3n) is 3.34. The summed E-state index contributed by atoms with van der Waals surface area (Å²) in [6, 6.07) is 1.23. The minimum absolute atomic E-state index is 0.478. The van der Waals surface area contributed by atoms with Gasteiger partial charge in [0, 0.05) is 43.0 Å². The van der Waals surface area contributed by atoms with E-state index < -0.39 is 0 Å². The quantitative estimate of drug-likeness (QED) is 0.664. The van der Waals surface area contributed by atoms with Crippen molar-refractivity contribution >= 4 is 17.5 Å². The summed E-state index contributed by atoms with van der Waals surface area (Å²) in [4.78, 5) is 14.0. The topological polar surface area (TPSA) is 20.3 Å². The lowest BCUT2D eigenvalue weighted by Crippen LogP contribution is -2.48. The molecule has 3 heteroatoms. The molecule has 0 aromatic heterocycles. The van der Waals surface area contributed by atoms with Crippen molar-refractivity contribution in [2.24, 2.45) is 0 Å². The Morgan fingerprint density at radius 2 is 2.36 bits per heavy atom. The molecule has 1 aliphatic carbocycles. The van der Waals surface area contributed by atoms with Gasteiger partial charge in [0.25, 0.3) is 0 Å². The second-order valence-corrected chi connectivity index (χ2v) is 5.60. The van der Waals surface area contributed by atoms with Gasteiger partial charge in [0.05, 0.1) is 0 Å². The van der Waals surface area contributed by atoms with Gasteiger partial charge in [0.15, 0.2) is 0 Å². The highest BCUT2D eigenvalue weighted by Crippen LogP contribution is 2.26. The average molecular weight is 213 g/mol. The van der Waals surface area contributed by atoms with Gasteiger partial charge in [-0.2, -0.15) is 11.8 Å². The van der Waals surface area contributed by atoms with Crippen LogP contribution in [0.2, 0.25) is 0 Å². The molecule has 1 aliphatic heterocycles. The first-order valence-corrected chi connectivity index (χ1v) is 6.78. The third kappa shape index (κ3) is 2.31. The minimum Gasteiger partial charge on any atom is -0.300 e. The number of rotatable bonds is 1. The summed E-state index contributed by atoms with van der Waals surface area (Å²) >= 11 is 2.04. The fourth-order valence-corrected chi connectivity index (χ4v) is 3.61. The van der Waals surface area contributed by atoms with E-state index in [-0.39, 0.29) is 0 Å². The Morgan fingerprint density at radius 1 is 1.50 bits per heavy atom. The first-order valence-electron chi connectivity index (χ1n) is 5.62. The molecular weight excluding hydrogens is 194 g/mol. The Morgan fingerprint density at radius 3 is 3.07 bits per heavy atom. The van der Waals surface area contributed by atoms with Crippen LogP contribution in [0, 0.1) is 0 Å². The second kappa shape index (κ2) is 4.67. The third-order valence-corrected chi connectivity index (χ3v) is 4.53. The molecular formula is C11H19NOS. The van der Waals surface area contributed by atoms with Crippen molar-refractivity contribution in [2.45, 2.75) is 44.7 Å². The molecule has 2 rings (SSSR count). The smallest absolute Gasteiger partial charge is 0.134 e. The lowest BCUT2D eigenvalue weighted by Gasteiger charge is -2.40. The van der Waals surface area contributed by atoms with Crippen molar-refractivity contribution in [3.05, 3.63) is 0 Å². The zero-order chi connectivity index (χ0) is 9.97. The largest absolute Gasteiger partial charge is 0.300 e. The lowest BCUT2D eigenvalue weighted by molar-refractivity contribution is -0.122. The first kappa shape index (κ1) is 10.5. The highest BCUT2D eigenvalue weighted by atomic mass is 32.2. The molecule has 2 aliphatic rings. The van der Waals surface area contributed by atoms with Gasteiger partial charge in [-0.25, -0.2) is 0 Å². The summed E-state index contributed by atoms with van der Waals surface area (Å²) in [6.45, 7) is 3.48. The van der Waals surface area contributed by atoms with Crippen LogP contribution in [0.15, 0.2) is 0 Å². The normalized spacial score (nSPS) is 35.9. The number of carbonyl (C=O) groups is 1. The van der Waals surface area contributed by atoms with E-state index >= 15 is 0 Å². The summed E-state index contributed by atoms with van der Waals surface area (Å²) in [5.41, 5.74) is 0. The molecule has 2 fully saturated rings. The number of hydrogen-bond donors (Lipinski definition) is 0. The Hall–Kier alpha value is -0.0200. The highest BCUT2D eigenvalue weighted by molar-refractivity contribution is 7.99. The van der Waals surface area contributed by atoms with Crippen molar-refractivity contribution in [1.82, 2.24) is 4.90 Å². The summed E-state index contributed by atoms with van der Waals surface area (Å²) in [5, 5.41) is 0. The van der Waals surface area contributed by atoms with Gasteiger partial charge in [0.1, 0.15) is 5.78 Å².